The van der Waals surface area contributed by atoms with Gasteiger partial charge < -0.3 is 5.11 Å². The molecule has 1 aliphatic carbocycles. The van der Waals surface area contributed by atoms with Crippen molar-refractivity contribution in [3.05, 3.63) is 36.5 Å². The minimum absolute atomic E-state index is 0.103. The lowest BCUT2D eigenvalue weighted by molar-refractivity contribution is 0.264. The quantitative estimate of drug-likeness (QED) is 0.621. The van der Waals surface area contributed by atoms with E-state index in [0.717, 1.165) is 6.42 Å². The highest BCUT2D eigenvalue weighted by Gasteiger charge is 2.18. The zero-order valence-electron chi connectivity index (χ0n) is 7.70. The molecule has 0 bridgehead atoms. The van der Waals surface area contributed by atoms with Gasteiger partial charge in [0.05, 0.1) is 6.10 Å². The number of hydrogen-bond donors (Lipinski definition) is 1. The molecule has 0 fully saturated rings. The molecule has 0 heterocycles. The number of allylic oxidation sites excluding steroid dienone is 4. The molecule has 0 aliphatic heterocycles. The van der Waals surface area contributed by atoms with Gasteiger partial charge >= 0.3 is 0 Å². The SMILES string of the molecule is C/C=C/CC1(C)C=CC(O)C=C1. The lowest BCUT2D eigenvalue weighted by atomic mass is 9.82. The van der Waals surface area contributed by atoms with Crippen molar-refractivity contribution >= 4 is 0 Å². The summed E-state index contributed by atoms with van der Waals surface area (Å²) in [5, 5.41) is 9.18. The van der Waals surface area contributed by atoms with Crippen LogP contribution in [0.4, 0.5) is 0 Å². The minimum Gasteiger partial charge on any atom is -0.385 e. The average Bonchev–Trinajstić information content (AvgIpc) is 2.08. The first-order chi connectivity index (χ1) is 5.66. The molecule has 12 heavy (non-hydrogen) atoms. The molecule has 0 atom stereocenters. The molecule has 1 rings (SSSR count). The van der Waals surface area contributed by atoms with E-state index in [1.165, 1.54) is 0 Å². The van der Waals surface area contributed by atoms with Crippen LogP contribution in [-0.4, -0.2) is 11.2 Å². The normalized spacial score (nSPS) is 34.8. The number of aliphatic hydroxyl groups excluding tert-OH is 1. The zero-order valence-corrected chi connectivity index (χ0v) is 7.70. The van der Waals surface area contributed by atoms with Gasteiger partial charge in [0.2, 0.25) is 0 Å². The fourth-order valence-corrected chi connectivity index (χ4v) is 1.26. The van der Waals surface area contributed by atoms with Crippen molar-refractivity contribution in [2.24, 2.45) is 5.41 Å². The number of hydrogen-bond acceptors (Lipinski definition) is 1. The van der Waals surface area contributed by atoms with Gasteiger partial charge in [-0.25, -0.2) is 0 Å². The van der Waals surface area contributed by atoms with Crippen molar-refractivity contribution in [3.63, 3.8) is 0 Å². The van der Waals surface area contributed by atoms with Crippen molar-refractivity contribution in [1.82, 2.24) is 0 Å². The monoisotopic (exact) mass is 164 g/mol. The Hall–Kier alpha value is -0.820. The standard InChI is InChI=1S/C11H16O/c1-3-4-7-11(2)8-5-10(12)6-9-11/h3-6,8-10,12H,7H2,1-2H3/b4-3+. The van der Waals surface area contributed by atoms with Gasteiger partial charge in [0.1, 0.15) is 0 Å². The Bertz CT molecular complexity index is 209. The average molecular weight is 164 g/mol. The van der Waals surface area contributed by atoms with Crippen molar-refractivity contribution in [1.29, 1.82) is 0 Å². The topological polar surface area (TPSA) is 20.2 Å². The summed E-state index contributed by atoms with van der Waals surface area (Å²) in [4.78, 5) is 0. The first-order valence-electron chi connectivity index (χ1n) is 4.34. The Labute approximate surface area is 74.1 Å². The van der Waals surface area contributed by atoms with Crippen molar-refractivity contribution in [2.45, 2.75) is 26.4 Å². The van der Waals surface area contributed by atoms with Gasteiger partial charge in [-0.1, -0.05) is 43.4 Å². The van der Waals surface area contributed by atoms with Crippen LogP contribution in [0.3, 0.4) is 0 Å². The lowest BCUT2D eigenvalue weighted by Crippen LogP contribution is -2.15. The molecule has 0 spiro atoms. The molecule has 0 saturated heterocycles. The zero-order chi connectivity index (χ0) is 9.03. The second-order valence-electron chi connectivity index (χ2n) is 3.49. The van der Waals surface area contributed by atoms with Crippen LogP contribution in [-0.2, 0) is 0 Å². The smallest absolute Gasteiger partial charge is 0.0903 e. The van der Waals surface area contributed by atoms with Gasteiger partial charge in [-0.3, -0.25) is 0 Å². The summed E-state index contributed by atoms with van der Waals surface area (Å²) in [5.74, 6) is 0. The summed E-state index contributed by atoms with van der Waals surface area (Å²) < 4.78 is 0. The molecule has 0 amide bonds. The summed E-state index contributed by atoms with van der Waals surface area (Å²) in [5.41, 5.74) is 0.103. The van der Waals surface area contributed by atoms with Gasteiger partial charge in [-0.05, 0) is 13.3 Å². The summed E-state index contributed by atoms with van der Waals surface area (Å²) in [6.45, 7) is 4.18. The van der Waals surface area contributed by atoms with E-state index in [0.29, 0.717) is 0 Å². The molecule has 0 aromatic carbocycles. The molecule has 1 heteroatoms. The molecule has 1 aliphatic rings. The van der Waals surface area contributed by atoms with Gasteiger partial charge in [0.15, 0.2) is 0 Å². The maximum atomic E-state index is 9.18. The molecular formula is C11H16O. The number of aliphatic hydroxyl groups is 1. The van der Waals surface area contributed by atoms with Crippen LogP contribution in [0.2, 0.25) is 0 Å². The van der Waals surface area contributed by atoms with Crippen LogP contribution in [0.15, 0.2) is 36.5 Å². The summed E-state index contributed by atoms with van der Waals surface area (Å²) in [7, 11) is 0. The van der Waals surface area contributed by atoms with Crippen LogP contribution < -0.4 is 0 Å². The maximum absolute atomic E-state index is 9.18. The highest BCUT2D eigenvalue weighted by molar-refractivity contribution is 5.21. The lowest BCUT2D eigenvalue weighted by Gasteiger charge is -2.23. The Morgan fingerprint density at radius 2 is 2.00 bits per heavy atom. The molecular weight excluding hydrogens is 148 g/mol. The van der Waals surface area contributed by atoms with Crippen molar-refractivity contribution < 1.29 is 5.11 Å². The summed E-state index contributed by atoms with van der Waals surface area (Å²) in [6.07, 6.45) is 12.6. The Morgan fingerprint density at radius 3 is 2.50 bits per heavy atom. The number of rotatable bonds is 2. The van der Waals surface area contributed by atoms with Crippen LogP contribution in [0.5, 0.6) is 0 Å². The van der Waals surface area contributed by atoms with Crippen LogP contribution in [0, 0.1) is 5.41 Å². The van der Waals surface area contributed by atoms with Crippen LogP contribution in [0.25, 0.3) is 0 Å². The fourth-order valence-electron chi connectivity index (χ4n) is 1.26. The highest BCUT2D eigenvalue weighted by Crippen LogP contribution is 2.28. The van der Waals surface area contributed by atoms with E-state index < -0.39 is 0 Å². The van der Waals surface area contributed by atoms with E-state index in [9.17, 15) is 5.11 Å². The third kappa shape index (κ3) is 2.35. The van der Waals surface area contributed by atoms with Gasteiger partial charge in [0, 0.05) is 5.41 Å². The third-order valence-corrected chi connectivity index (χ3v) is 2.14. The molecule has 1 N–H and O–H groups in total. The second kappa shape index (κ2) is 3.72. The molecule has 0 unspecified atom stereocenters. The summed E-state index contributed by atoms with van der Waals surface area (Å²) in [6, 6.07) is 0. The van der Waals surface area contributed by atoms with Gasteiger partial charge in [0.25, 0.3) is 0 Å². The molecule has 0 aromatic heterocycles. The fraction of sp³-hybridized carbons (Fsp3) is 0.455. The first-order valence-corrected chi connectivity index (χ1v) is 4.34. The predicted octanol–water partition coefficient (Wildman–Crippen LogP) is 2.45. The van der Waals surface area contributed by atoms with E-state index in [2.05, 4.69) is 31.2 Å². The molecule has 0 saturated carbocycles. The Morgan fingerprint density at radius 1 is 1.42 bits per heavy atom. The van der Waals surface area contributed by atoms with Crippen LogP contribution in [0.1, 0.15) is 20.3 Å². The molecule has 0 radical (unpaired) electrons. The van der Waals surface area contributed by atoms with Crippen molar-refractivity contribution in [3.8, 4) is 0 Å². The molecule has 1 nitrogen and oxygen atoms in total. The Kier molecular flexibility index (Phi) is 2.88. The van der Waals surface area contributed by atoms with E-state index in [-0.39, 0.29) is 11.5 Å². The maximum Gasteiger partial charge on any atom is 0.0903 e. The van der Waals surface area contributed by atoms with E-state index >= 15 is 0 Å². The molecule has 66 valence electrons. The first kappa shape index (κ1) is 9.27. The van der Waals surface area contributed by atoms with E-state index in [1.807, 2.05) is 19.1 Å². The van der Waals surface area contributed by atoms with Crippen LogP contribution >= 0.6 is 0 Å². The second-order valence-corrected chi connectivity index (χ2v) is 3.49. The minimum atomic E-state index is -0.385. The Balaban J connectivity index is 2.61. The largest absolute Gasteiger partial charge is 0.385 e. The van der Waals surface area contributed by atoms with E-state index in [4.69, 9.17) is 0 Å². The van der Waals surface area contributed by atoms with E-state index in [1.54, 1.807) is 0 Å². The third-order valence-electron chi connectivity index (χ3n) is 2.14. The predicted molar refractivity (Wildman–Crippen MR) is 51.8 cm³/mol. The van der Waals surface area contributed by atoms with Crippen molar-refractivity contribution in [2.75, 3.05) is 0 Å². The van der Waals surface area contributed by atoms with Gasteiger partial charge in [-0.2, -0.15) is 0 Å². The molecule has 0 aromatic rings. The highest BCUT2D eigenvalue weighted by atomic mass is 16.3. The van der Waals surface area contributed by atoms with Gasteiger partial charge in [-0.15, -0.1) is 0 Å². The summed E-state index contributed by atoms with van der Waals surface area (Å²) >= 11 is 0.